The molecule has 1 aromatic carbocycles. The molecule has 0 aliphatic heterocycles. The fraction of sp³-hybridized carbons (Fsp3) is 0.231. The average molecular weight is 340 g/mol. The number of carbonyl (C=O) groups is 1. The molecule has 0 aliphatic rings. The molecule has 0 radical (unpaired) electrons. The molecule has 0 fully saturated rings. The van der Waals surface area contributed by atoms with Gasteiger partial charge in [0.15, 0.2) is 0 Å². The van der Waals surface area contributed by atoms with Crippen molar-refractivity contribution in [2.45, 2.75) is 13.5 Å². The molecule has 0 spiro atoms. The molecule has 2 N–H and O–H groups in total. The third-order valence-electron chi connectivity index (χ3n) is 2.74. The van der Waals surface area contributed by atoms with E-state index in [1.165, 1.54) is 0 Å². The lowest BCUT2D eigenvalue weighted by molar-refractivity contribution is 0.0786. The maximum Gasteiger partial charge on any atom is 0.254 e. The third kappa shape index (κ3) is 3.33. The molecular formula is C13H14BrN3OS. The standard InChI is InChI=1S/C13H14BrN3OS/c1-8-12(19-7-16-8)6-17(2)13(18)9-3-10(14)5-11(15)4-9/h3-5,7H,6,15H2,1-2H3. The van der Waals surface area contributed by atoms with Crippen molar-refractivity contribution in [3.8, 4) is 0 Å². The van der Waals surface area contributed by atoms with Crippen molar-refractivity contribution >= 4 is 38.9 Å². The predicted molar refractivity (Wildman–Crippen MR) is 81.2 cm³/mol. The average Bonchev–Trinajstić information content (AvgIpc) is 2.72. The molecule has 0 saturated carbocycles. The first-order valence-electron chi connectivity index (χ1n) is 5.68. The molecule has 0 saturated heterocycles. The van der Waals surface area contributed by atoms with E-state index in [2.05, 4.69) is 20.9 Å². The predicted octanol–water partition coefficient (Wildman–Crippen LogP) is 3.07. The Morgan fingerprint density at radius 1 is 1.47 bits per heavy atom. The van der Waals surface area contributed by atoms with Crippen LogP contribution in [0, 0.1) is 6.92 Å². The molecule has 4 nitrogen and oxygen atoms in total. The number of rotatable bonds is 3. The number of hydrogen-bond donors (Lipinski definition) is 1. The number of aryl methyl sites for hydroxylation is 1. The molecule has 2 rings (SSSR count). The van der Waals surface area contributed by atoms with Crippen LogP contribution in [0.5, 0.6) is 0 Å². The molecule has 1 amide bonds. The summed E-state index contributed by atoms with van der Waals surface area (Å²) in [7, 11) is 1.78. The summed E-state index contributed by atoms with van der Waals surface area (Å²) < 4.78 is 0.804. The van der Waals surface area contributed by atoms with E-state index in [-0.39, 0.29) is 5.91 Å². The summed E-state index contributed by atoms with van der Waals surface area (Å²) in [5.74, 6) is -0.0548. The molecule has 1 heterocycles. The Morgan fingerprint density at radius 3 is 2.79 bits per heavy atom. The van der Waals surface area contributed by atoms with Gasteiger partial charge in [0.2, 0.25) is 0 Å². The summed E-state index contributed by atoms with van der Waals surface area (Å²) in [6.45, 7) is 2.50. The van der Waals surface area contributed by atoms with Crippen molar-refractivity contribution in [1.82, 2.24) is 9.88 Å². The van der Waals surface area contributed by atoms with Crippen LogP contribution in [0.25, 0.3) is 0 Å². The Hall–Kier alpha value is -1.40. The van der Waals surface area contributed by atoms with Crippen LogP contribution in [0.4, 0.5) is 5.69 Å². The maximum atomic E-state index is 12.3. The monoisotopic (exact) mass is 339 g/mol. The molecule has 100 valence electrons. The minimum Gasteiger partial charge on any atom is -0.399 e. The number of nitrogens with zero attached hydrogens (tertiary/aromatic N) is 2. The van der Waals surface area contributed by atoms with E-state index in [1.54, 1.807) is 47.0 Å². The minimum atomic E-state index is -0.0548. The topological polar surface area (TPSA) is 59.2 Å². The minimum absolute atomic E-state index is 0.0548. The van der Waals surface area contributed by atoms with Crippen molar-refractivity contribution in [2.75, 3.05) is 12.8 Å². The van der Waals surface area contributed by atoms with Crippen molar-refractivity contribution in [2.24, 2.45) is 0 Å². The van der Waals surface area contributed by atoms with Crippen LogP contribution in [0.2, 0.25) is 0 Å². The summed E-state index contributed by atoms with van der Waals surface area (Å²) in [5, 5.41) is 0. The Balaban J connectivity index is 2.17. The van der Waals surface area contributed by atoms with E-state index in [0.29, 0.717) is 17.8 Å². The zero-order valence-electron chi connectivity index (χ0n) is 10.7. The van der Waals surface area contributed by atoms with Gasteiger partial charge >= 0.3 is 0 Å². The molecule has 0 bridgehead atoms. The molecule has 19 heavy (non-hydrogen) atoms. The van der Waals surface area contributed by atoms with Crippen molar-refractivity contribution in [1.29, 1.82) is 0 Å². The molecule has 6 heteroatoms. The summed E-state index contributed by atoms with van der Waals surface area (Å²) in [6.07, 6.45) is 0. The van der Waals surface area contributed by atoms with Gasteiger partial charge in [-0.1, -0.05) is 15.9 Å². The van der Waals surface area contributed by atoms with Crippen LogP contribution < -0.4 is 5.73 Å². The fourth-order valence-corrected chi connectivity index (χ4v) is 3.06. The van der Waals surface area contributed by atoms with Gasteiger partial charge in [0.05, 0.1) is 17.7 Å². The Kier molecular flexibility index (Phi) is 4.21. The van der Waals surface area contributed by atoms with Gasteiger partial charge in [-0.05, 0) is 25.1 Å². The second-order valence-electron chi connectivity index (χ2n) is 4.30. The summed E-state index contributed by atoms with van der Waals surface area (Å²) in [4.78, 5) is 19.3. The molecular weight excluding hydrogens is 326 g/mol. The number of anilines is 1. The highest BCUT2D eigenvalue weighted by molar-refractivity contribution is 9.10. The van der Waals surface area contributed by atoms with Crippen LogP contribution in [-0.4, -0.2) is 22.8 Å². The lowest BCUT2D eigenvalue weighted by Gasteiger charge is -2.17. The first-order chi connectivity index (χ1) is 8.97. The fourth-order valence-electron chi connectivity index (χ4n) is 1.72. The van der Waals surface area contributed by atoms with Crippen molar-refractivity contribution in [3.63, 3.8) is 0 Å². The molecule has 2 aromatic rings. The molecule has 0 atom stereocenters. The second kappa shape index (κ2) is 5.71. The van der Waals surface area contributed by atoms with Gasteiger partial charge in [-0.15, -0.1) is 11.3 Å². The number of thiazole rings is 1. The van der Waals surface area contributed by atoms with E-state index >= 15 is 0 Å². The van der Waals surface area contributed by atoms with Gasteiger partial charge in [-0.2, -0.15) is 0 Å². The molecule has 0 aliphatic carbocycles. The van der Waals surface area contributed by atoms with Gasteiger partial charge in [0.25, 0.3) is 5.91 Å². The number of carbonyl (C=O) groups excluding carboxylic acids is 1. The largest absolute Gasteiger partial charge is 0.399 e. The zero-order chi connectivity index (χ0) is 14.0. The Bertz CT molecular complexity index is 591. The highest BCUT2D eigenvalue weighted by Crippen LogP contribution is 2.20. The number of nitrogens with two attached hydrogens (primary N) is 1. The van der Waals surface area contributed by atoms with Gasteiger partial charge in [-0.3, -0.25) is 4.79 Å². The van der Waals surface area contributed by atoms with E-state index < -0.39 is 0 Å². The highest BCUT2D eigenvalue weighted by Gasteiger charge is 2.15. The van der Waals surface area contributed by atoms with Crippen LogP contribution >= 0.6 is 27.3 Å². The van der Waals surface area contributed by atoms with Crippen LogP contribution in [0.1, 0.15) is 20.9 Å². The van der Waals surface area contributed by atoms with Crippen molar-refractivity contribution < 1.29 is 4.79 Å². The SMILES string of the molecule is Cc1ncsc1CN(C)C(=O)c1cc(N)cc(Br)c1. The summed E-state index contributed by atoms with van der Waals surface area (Å²) >= 11 is 4.90. The van der Waals surface area contributed by atoms with E-state index in [4.69, 9.17) is 5.73 Å². The van der Waals surface area contributed by atoms with Gasteiger partial charge in [0.1, 0.15) is 0 Å². The van der Waals surface area contributed by atoms with E-state index in [9.17, 15) is 4.79 Å². The first kappa shape index (κ1) is 14.0. The van der Waals surface area contributed by atoms with E-state index in [1.807, 2.05) is 6.92 Å². The molecule has 0 unspecified atom stereocenters. The lowest BCUT2D eigenvalue weighted by atomic mass is 10.2. The number of amides is 1. The quantitative estimate of drug-likeness (QED) is 0.874. The van der Waals surface area contributed by atoms with Gasteiger partial charge in [0, 0.05) is 27.6 Å². The van der Waals surface area contributed by atoms with E-state index in [0.717, 1.165) is 15.0 Å². The number of benzene rings is 1. The third-order valence-corrected chi connectivity index (χ3v) is 4.12. The maximum absolute atomic E-state index is 12.3. The van der Waals surface area contributed by atoms with Gasteiger partial charge < -0.3 is 10.6 Å². The zero-order valence-corrected chi connectivity index (χ0v) is 13.1. The smallest absolute Gasteiger partial charge is 0.254 e. The number of halogens is 1. The number of aromatic nitrogens is 1. The van der Waals surface area contributed by atoms with Gasteiger partial charge in [-0.25, -0.2) is 4.98 Å². The second-order valence-corrected chi connectivity index (χ2v) is 6.15. The Morgan fingerprint density at radius 2 is 2.21 bits per heavy atom. The molecule has 1 aromatic heterocycles. The number of nitrogen functional groups attached to an aromatic ring is 1. The summed E-state index contributed by atoms with van der Waals surface area (Å²) in [6, 6.07) is 5.22. The number of hydrogen-bond acceptors (Lipinski definition) is 4. The van der Waals surface area contributed by atoms with Crippen LogP contribution in [0.3, 0.4) is 0 Å². The van der Waals surface area contributed by atoms with Crippen LogP contribution in [-0.2, 0) is 6.54 Å². The summed E-state index contributed by atoms with van der Waals surface area (Å²) in [5.41, 5.74) is 9.66. The van der Waals surface area contributed by atoms with Crippen LogP contribution in [0.15, 0.2) is 28.2 Å². The van der Waals surface area contributed by atoms with Crippen molar-refractivity contribution in [3.05, 3.63) is 44.3 Å². The lowest BCUT2D eigenvalue weighted by Crippen LogP contribution is -2.26. The highest BCUT2D eigenvalue weighted by atomic mass is 79.9. The normalized spacial score (nSPS) is 10.5. The Labute approximate surface area is 124 Å². The first-order valence-corrected chi connectivity index (χ1v) is 7.35.